The molecule has 0 radical (unpaired) electrons. The minimum atomic E-state index is -0.740. The normalized spacial score (nSPS) is 16.3. The van der Waals surface area contributed by atoms with Crippen LogP contribution in [0.15, 0.2) is 28.7 Å². The molecule has 0 saturated heterocycles. The van der Waals surface area contributed by atoms with Crippen LogP contribution in [-0.2, 0) is 0 Å². The molecular formula is C13H20BrNO2S. The Hall–Kier alpha value is -0.0700. The van der Waals surface area contributed by atoms with Crippen LogP contribution in [0.5, 0.6) is 0 Å². The molecule has 0 aromatic heterocycles. The second-order valence-corrected chi connectivity index (χ2v) is 6.41. The highest BCUT2D eigenvalue weighted by Crippen LogP contribution is 2.17. The lowest BCUT2D eigenvalue weighted by Crippen LogP contribution is -2.41. The molecule has 0 amide bonds. The van der Waals surface area contributed by atoms with Crippen LogP contribution in [0, 0.1) is 0 Å². The van der Waals surface area contributed by atoms with Gasteiger partial charge in [-0.2, -0.15) is 11.8 Å². The molecule has 5 heteroatoms. The van der Waals surface area contributed by atoms with Crippen molar-refractivity contribution in [3.63, 3.8) is 0 Å². The highest BCUT2D eigenvalue weighted by molar-refractivity contribution is 9.10. The fraction of sp³-hybridized carbons (Fsp3) is 0.538. The third-order valence-electron chi connectivity index (χ3n) is 2.53. The van der Waals surface area contributed by atoms with Gasteiger partial charge >= 0.3 is 0 Å². The Bertz CT molecular complexity index is 374. The Labute approximate surface area is 121 Å². The first-order valence-electron chi connectivity index (χ1n) is 5.80. The van der Waals surface area contributed by atoms with Gasteiger partial charge < -0.3 is 15.5 Å². The van der Waals surface area contributed by atoms with Crippen molar-refractivity contribution in [2.75, 3.05) is 25.1 Å². The molecule has 1 aromatic carbocycles. The van der Waals surface area contributed by atoms with Crippen LogP contribution in [0.3, 0.4) is 0 Å². The summed E-state index contributed by atoms with van der Waals surface area (Å²) in [6.45, 7) is 2.70. The number of halogens is 1. The van der Waals surface area contributed by atoms with E-state index in [1.165, 1.54) is 0 Å². The molecule has 0 saturated carbocycles. The van der Waals surface area contributed by atoms with Gasteiger partial charge in [-0.1, -0.05) is 28.1 Å². The molecule has 3 N–H and O–H groups in total. The molecule has 0 aliphatic heterocycles. The summed E-state index contributed by atoms with van der Waals surface area (Å²) in [6.07, 6.45) is 1.40. The van der Waals surface area contributed by atoms with Crippen molar-refractivity contribution >= 4 is 27.7 Å². The van der Waals surface area contributed by atoms with Crippen molar-refractivity contribution in [3.05, 3.63) is 34.3 Å². The summed E-state index contributed by atoms with van der Waals surface area (Å²) in [5.74, 6) is 0.674. The largest absolute Gasteiger partial charge is 0.388 e. The van der Waals surface area contributed by atoms with E-state index in [-0.39, 0.29) is 0 Å². The Morgan fingerprint density at radius 3 is 2.83 bits per heavy atom. The van der Waals surface area contributed by atoms with Gasteiger partial charge in [0, 0.05) is 23.3 Å². The van der Waals surface area contributed by atoms with Crippen molar-refractivity contribution < 1.29 is 10.2 Å². The van der Waals surface area contributed by atoms with Crippen LogP contribution in [0.2, 0.25) is 0 Å². The summed E-state index contributed by atoms with van der Waals surface area (Å²) in [5.41, 5.74) is 0.123. The van der Waals surface area contributed by atoms with Crippen molar-refractivity contribution in [1.29, 1.82) is 0 Å². The Kier molecular flexibility index (Phi) is 6.66. The molecule has 0 fully saturated rings. The SMILES string of the molecule is CSCC(C)(O)CNCC(O)c1cccc(Br)c1. The van der Waals surface area contributed by atoms with Gasteiger partial charge in [-0.15, -0.1) is 0 Å². The smallest absolute Gasteiger partial charge is 0.0914 e. The van der Waals surface area contributed by atoms with E-state index in [2.05, 4.69) is 21.2 Å². The lowest BCUT2D eigenvalue weighted by atomic mass is 10.1. The molecule has 0 heterocycles. The quantitative estimate of drug-likeness (QED) is 0.716. The first-order valence-corrected chi connectivity index (χ1v) is 7.99. The third-order valence-corrected chi connectivity index (χ3v) is 3.94. The predicted molar refractivity (Wildman–Crippen MR) is 81.0 cm³/mol. The van der Waals surface area contributed by atoms with Gasteiger partial charge in [0.15, 0.2) is 0 Å². The number of nitrogens with one attached hydrogen (secondary N) is 1. The molecule has 2 atom stereocenters. The fourth-order valence-electron chi connectivity index (χ4n) is 1.67. The topological polar surface area (TPSA) is 52.5 Å². The number of aliphatic hydroxyl groups excluding tert-OH is 1. The summed E-state index contributed by atoms with van der Waals surface area (Å²) >= 11 is 4.98. The predicted octanol–water partition coefficient (Wildman–Crippen LogP) is 2.19. The molecule has 3 nitrogen and oxygen atoms in total. The number of rotatable bonds is 7. The van der Waals surface area contributed by atoms with Crippen LogP contribution in [0.4, 0.5) is 0 Å². The molecule has 0 aliphatic rings. The van der Waals surface area contributed by atoms with E-state index in [1.807, 2.05) is 30.5 Å². The number of thioether (sulfide) groups is 1. The Morgan fingerprint density at radius 2 is 2.22 bits per heavy atom. The summed E-state index contributed by atoms with van der Waals surface area (Å²) in [5, 5.41) is 23.1. The van der Waals surface area contributed by atoms with E-state index < -0.39 is 11.7 Å². The number of benzene rings is 1. The molecule has 102 valence electrons. The summed E-state index contributed by atoms with van der Waals surface area (Å²) < 4.78 is 0.952. The first kappa shape index (κ1) is 16.0. The molecule has 1 rings (SSSR count). The lowest BCUT2D eigenvalue weighted by Gasteiger charge is -2.23. The van der Waals surface area contributed by atoms with Crippen LogP contribution in [-0.4, -0.2) is 40.9 Å². The van der Waals surface area contributed by atoms with Gasteiger partial charge in [-0.3, -0.25) is 0 Å². The Morgan fingerprint density at radius 1 is 1.50 bits per heavy atom. The molecule has 1 aromatic rings. The minimum Gasteiger partial charge on any atom is -0.388 e. The monoisotopic (exact) mass is 333 g/mol. The molecule has 0 bridgehead atoms. The van der Waals surface area contributed by atoms with Gasteiger partial charge in [-0.25, -0.2) is 0 Å². The second-order valence-electron chi connectivity index (χ2n) is 4.63. The van der Waals surface area contributed by atoms with E-state index in [9.17, 15) is 10.2 Å². The Balaban J connectivity index is 2.40. The van der Waals surface area contributed by atoms with E-state index in [4.69, 9.17) is 0 Å². The first-order chi connectivity index (χ1) is 8.44. The van der Waals surface area contributed by atoms with Crippen molar-refractivity contribution in [1.82, 2.24) is 5.32 Å². The van der Waals surface area contributed by atoms with Gasteiger partial charge in [0.2, 0.25) is 0 Å². The third kappa shape index (κ3) is 5.71. The van der Waals surface area contributed by atoms with Crippen LogP contribution >= 0.6 is 27.7 Å². The van der Waals surface area contributed by atoms with Gasteiger partial charge in [0.25, 0.3) is 0 Å². The average molecular weight is 334 g/mol. The molecule has 0 aliphatic carbocycles. The highest BCUT2D eigenvalue weighted by atomic mass is 79.9. The maximum absolute atomic E-state index is 10.0. The van der Waals surface area contributed by atoms with E-state index in [0.29, 0.717) is 18.8 Å². The highest BCUT2D eigenvalue weighted by Gasteiger charge is 2.19. The number of aliphatic hydroxyl groups is 2. The number of hydrogen-bond acceptors (Lipinski definition) is 4. The molecule has 18 heavy (non-hydrogen) atoms. The van der Waals surface area contributed by atoms with E-state index in [1.54, 1.807) is 18.7 Å². The van der Waals surface area contributed by atoms with Crippen LogP contribution in [0.25, 0.3) is 0 Å². The van der Waals surface area contributed by atoms with Gasteiger partial charge in [-0.05, 0) is 30.9 Å². The number of hydrogen-bond donors (Lipinski definition) is 3. The zero-order valence-corrected chi connectivity index (χ0v) is 13.1. The van der Waals surface area contributed by atoms with Crippen LogP contribution in [0.1, 0.15) is 18.6 Å². The zero-order valence-electron chi connectivity index (χ0n) is 10.7. The van der Waals surface area contributed by atoms with Crippen molar-refractivity contribution in [2.24, 2.45) is 0 Å². The van der Waals surface area contributed by atoms with Gasteiger partial charge in [0.05, 0.1) is 11.7 Å². The van der Waals surface area contributed by atoms with Crippen molar-refractivity contribution in [3.8, 4) is 0 Å². The zero-order chi connectivity index (χ0) is 13.6. The summed E-state index contributed by atoms with van der Waals surface area (Å²) in [6, 6.07) is 7.60. The summed E-state index contributed by atoms with van der Waals surface area (Å²) in [7, 11) is 0. The van der Waals surface area contributed by atoms with E-state index in [0.717, 1.165) is 10.0 Å². The maximum Gasteiger partial charge on any atom is 0.0914 e. The van der Waals surface area contributed by atoms with Gasteiger partial charge in [0.1, 0.15) is 0 Å². The molecule has 0 spiro atoms. The second kappa shape index (κ2) is 7.50. The molecular weight excluding hydrogens is 314 g/mol. The lowest BCUT2D eigenvalue weighted by molar-refractivity contribution is 0.0786. The van der Waals surface area contributed by atoms with Crippen LogP contribution < -0.4 is 5.32 Å². The average Bonchev–Trinajstić information content (AvgIpc) is 2.28. The maximum atomic E-state index is 10.0. The standard InChI is InChI=1S/C13H20BrNO2S/c1-13(17,9-18-2)8-15-7-12(16)10-4-3-5-11(14)6-10/h3-6,12,15-17H,7-9H2,1-2H3. The molecule has 2 unspecified atom stereocenters. The summed E-state index contributed by atoms with van der Waals surface area (Å²) in [4.78, 5) is 0. The van der Waals surface area contributed by atoms with E-state index >= 15 is 0 Å². The van der Waals surface area contributed by atoms with Crippen molar-refractivity contribution in [2.45, 2.75) is 18.6 Å². The minimum absolute atomic E-state index is 0.432. The fourth-order valence-corrected chi connectivity index (χ4v) is 2.81.